The van der Waals surface area contributed by atoms with Crippen LogP contribution in [0.15, 0.2) is 22.7 Å². The number of piperidine rings is 1. The molecule has 1 saturated heterocycles. The molecule has 1 spiro atoms. The molecule has 2 N–H and O–H groups in total. The molecule has 0 saturated carbocycles. The monoisotopic (exact) mass is 324 g/mol. The van der Waals surface area contributed by atoms with Crippen LogP contribution >= 0.6 is 15.9 Å². The van der Waals surface area contributed by atoms with Gasteiger partial charge in [-0.3, -0.25) is 0 Å². The van der Waals surface area contributed by atoms with Crippen molar-refractivity contribution < 1.29 is 4.74 Å². The van der Waals surface area contributed by atoms with Gasteiger partial charge in [-0.2, -0.15) is 0 Å². The lowest BCUT2D eigenvalue weighted by Gasteiger charge is -2.48. The average molecular weight is 325 g/mol. The van der Waals surface area contributed by atoms with Gasteiger partial charge in [0.2, 0.25) is 0 Å². The fourth-order valence-electron chi connectivity index (χ4n) is 3.36. The van der Waals surface area contributed by atoms with Gasteiger partial charge in [0.05, 0.1) is 0 Å². The number of hydrogen-bond donors (Lipinski definition) is 1. The predicted octanol–water partition coefficient (Wildman–Crippen LogP) is 3.08. The summed E-state index contributed by atoms with van der Waals surface area (Å²) in [7, 11) is 2.19. The Morgan fingerprint density at radius 2 is 2.21 bits per heavy atom. The topological polar surface area (TPSA) is 38.5 Å². The Bertz CT molecular complexity index is 493. The number of halogens is 1. The first-order chi connectivity index (χ1) is 8.99. The van der Waals surface area contributed by atoms with Crippen molar-refractivity contribution in [2.45, 2.75) is 43.9 Å². The van der Waals surface area contributed by atoms with Crippen molar-refractivity contribution in [3.63, 3.8) is 0 Å². The maximum atomic E-state index is 6.39. The first-order valence-corrected chi connectivity index (χ1v) is 7.73. The highest BCUT2D eigenvalue weighted by Crippen LogP contribution is 2.44. The van der Waals surface area contributed by atoms with E-state index in [2.05, 4.69) is 40.9 Å². The molecule has 104 valence electrons. The smallest absolute Gasteiger partial charge is 0.124 e. The van der Waals surface area contributed by atoms with Crippen LogP contribution < -0.4 is 10.5 Å². The quantitative estimate of drug-likeness (QED) is 0.797. The molecule has 1 fully saturated rings. The first kappa shape index (κ1) is 13.4. The summed E-state index contributed by atoms with van der Waals surface area (Å²) in [4.78, 5) is 2.40. The molecule has 2 unspecified atom stereocenters. The summed E-state index contributed by atoms with van der Waals surface area (Å²) in [6, 6.07) is 6.80. The first-order valence-electron chi connectivity index (χ1n) is 6.93. The van der Waals surface area contributed by atoms with E-state index in [4.69, 9.17) is 10.5 Å². The third-order valence-electron chi connectivity index (χ3n) is 4.63. The molecule has 1 aromatic carbocycles. The minimum atomic E-state index is -0.0633. The Labute approximate surface area is 123 Å². The molecule has 2 aliphatic rings. The predicted molar refractivity (Wildman–Crippen MR) is 80.4 cm³/mol. The molecule has 3 nitrogen and oxygen atoms in total. The van der Waals surface area contributed by atoms with E-state index in [1.54, 1.807) is 0 Å². The standard InChI is InChI=1S/C15H21BrN2O/c1-10-8-15(5-6-18(10)2)9-13(17)12-7-11(16)3-4-14(12)19-15/h3-4,7,10,13H,5-6,8-9,17H2,1-2H3/t10?,13-,15?/m1/s1. The summed E-state index contributed by atoms with van der Waals surface area (Å²) in [5.74, 6) is 0.971. The summed E-state index contributed by atoms with van der Waals surface area (Å²) in [5, 5.41) is 0. The summed E-state index contributed by atoms with van der Waals surface area (Å²) >= 11 is 3.51. The maximum absolute atomic E-state index is 6.39. The van der Waals surface area contributed by atoms with Crippen LogP contribution in [0.25, 0.3) is 0 Å². The molecule has 3 rings (SSSR count). The Hall–Kier alpha value is -0.580. The van der Waals surface area contributed by atoms with Crippen molar-refractivity contribution in [3.05, 3.63) is 28.2 Å². The highest BCUT2D eigenvalue weighted by Gasteiger charge is 2.43. The minimum Gasteiger partial charge on any atom is -0.487 e. The van der Waals surface area contributed by atoms with Crippen LogP contribution in [0.2, 0.25) is 0 Å². The zero-order chi connectivity index (χ0) is 13.6. The van der Waals surface area contributed by atoms with Crippen molar-refractivity contribution in [1.82, 2.24) is 4.90 Å². The van der Waals surface area contributed by atoms with Crippen LogP contribution in [0.3, 0.4) is 0 Å². The normalized spacial score (nSPS) is 34.9. The van der Waals surface area contributed by atoms with E-state index >= 15 is 0 Å². The van der Waals surface area contributed by atoms with Gasteiger partial charge in [0.15, 0.2) is 0 Å². The number of benzene rings is 1. The second-order valence-corrected chi connectivity index (χ2v) is 6.98. The summed E-state index contributed by atoms with van der Waals surface area (Å²) in [5.41, 5.74) is 7.45. The Kier molecular flexibility index (Phi) is 3.36. The van der Waals surface area contributed by atoms with Gasteiger partial charge in [0.25, 0.3) is 0 Å². The third kappa shape index (κ3) is 2.41. The second kappa shape index (κ2) is 4.76. The number of hydrogen-bond acceptors (Lipinski definition) is 3. The SMILES string of the molecule is CC1CC2(CCN1C)C[C@@H](N)c1cc(Br)ccc1O2. The zero-order valence-electron chi connectivity index (χ0n) is 11.5. The Balaban J connectivity index is 1.90. The fourth-order valence-corrected chi connectivity index (χ4v) is 3.74. The Morgan fingerprint density at radius 3 is 2.95 bits per heavy atom. The lowest BCUT2D eigenvalue weighted by atomic mass is 9.78. The van der Waals surface area contributed by atoms with E-state index in [1.807, 2.05) is 12.1 Å². The van der Waals surface area contributed by atoms with Crippen molar-refractivity contribution in [2.24, 2.45) is 5.73 Å². The summed E-state index contributed by atoms with van der Waals surface area (Å²) < 4.78 is 7.44. The van der Waals surface area contributed by atoms with E-state index in [-0.39, 0.29) is 11.6 Å². The van der Waals surface area contributed by atoms with Crippen molar-refractivity contribution in [1.29, 1.82) is 0 Å². The molecule has 4 heteroatoms. The summed E-state index contributed by atoms with van der Waals surface area (Å²) in [6.07, 6.45) is 3.05. The van der Waals surface area contributed by atoms with Crippen LogP contribution in [0.1, 0.15) is 37.8 Å². The molecular weight excluding hydrogens is 304 g/mol. The van der Waals surface area contributed by atoms with Gasteiger partial charge < -0.3 is 15.4 Å². The van der Waals surface area contributed by atoms with Crippen LogP contribution in [-0.2, 0) is 0 Å². The van der Waals surface area contributed by atoms with Crippen LogP contribution in [0.4, 0.5) is 0 Å². The number of rotatable bonds is 0. The highest BCUT2D eigenvalue weighted by molar-refractivity contribution is 9.10. The van der Waals surface area contributed by atoms with Crippen molar-refractivity contribution in [3.8, 4) is 5.75 Å². The van der Waals surface area contributed by atoms with Crippen molar-refractivity contribution in [2.75, 3.05) is 13.6 Å². The lowest BCUT2D eigenvalue weighted by molar-refractivity contribution is -0.0357. The van der Waals surface area contributed by atoms with Crippen LogP contribution in [0.5, 0.6) is 5.75 Å². The van der Waals surface area contributed by atoms with Gasteiger partial charge in [-0.15, -0.1) is 0 Å². The molecule has 0 aliphatic carbocycles. The van der Waals surface area contributed by atoms with E-state index in [1.165, 1.54) is 0 Å². The molecule has 19 heavy (non-hydrogen) atoms. The molecular formula is C15H21BrN2O. The maximum Gasteiger partial charge on any atom is 0.124 e. The van der Waals surface area contributed by atoms with E-state index in [9.17, 15) is 0 Å². The highest BCUT2D eigenvalue weighted by atomic mass is 79.9. The number of nitrogens with zero attached hydrogens (tertiary/aromatic N) is 1. The van der Waals surface area contributed by atoms with E-state index in [0.717, 1.165) is 41.6 Å². The lowest BCUT2D eigenvalue weighted by Crippen LogP contribution is -2.53. The average Bonchev–Trinajstić information content (AvgIpc) is 2.36. The minimum absolute atomic E-state index is 0.0633. The molecule has 1 aromatic rings. The van der Waals surface area contributed by atoms with Gasteiger partial charge in [-0.25, -0.2) is 0 Å². The second-order valence-electron chi connectivity index (χ2n) is 6.06. The van der Waals surface area contributed by atoms with Gasteiger partial charge in [0.1, 0.15) is 11.4 Å². The van der Waals surface area contributed by atoms with Gasteiger partial charge in [0, 0.05) is 41.5 Å². The number of ether oxygens (including phenoxy) is 1. The molecule has 0 amide bonds. The molecule has 2 aliphatic heterocycles. The Morgan fingerprint density at radius 1 is 1.42 bits per heavy atom. The number of fused-ring (bicyclic) bond motifs is 1. The van der Waals surface area contributed by atoms with Crippen LogP contribution in [0, 0.1) is 0 Å². The van der Waals surface area contributed by atoms with Gasteiger partial charge in [-0.1, -0.05) is 15.9 Å². The zero-order valence-corrected chi connectivity index (χ0v) is 13.1. The van der Waals surface area contributed by atoms with Gasteiger partial charge in [-0.05, 0) is 38.6 Å². The third-order valence-corrected chi connectivity index (χ3v) is 5.12. The molecule has 3 atom stereocenters. The van der Waals surface area contributed by atoms with Gasteiger partial charge >= 0.3 is 0 Å². The van der Waals surface area contributed by atoms with Crippen LogP contribution in [-0.4, -0.2) is 30.1 Å². The molecule has 0 radical (unpaired) electrons. The van der Waals surface area contributed by atoms with Crippen molar-refractivity contribution >= 4 is 15.9 Å². The number of nitrogens with two attached hydrogens (primary N) is 1. The largest absolute Gasteiger partial charge is 0.487 e. The number of likely N-dealkylation sites (tertiary alicyclic amines) is 1. The summed E-state index contributed by atoms with van der Waals surface area (Å²) in [6.45, 7) is 3.35. The van der Waals surface area contributed by atoms with E-state index in [0.29, 0.717) is 6.04 Å². The molecule has 0 bridgehead atoms. The van der Waals surface area contributed by atoms with E-state index < -0.39 is 0 Å². The molecule has 2 heterocycles. The fraction of sp³-hybridized carbons (Fsp3) is 0.600. The molecule has 0 aromatic heterocycles.